The highest BCUT2D eigenvalue weighted by Gasteiger charge is 2.38. The molecule has 0 aliphatic carbocycles. The molecule has 1 aliphatic rings. The average molecular weight is 564 g/mol. The maximum Gasteiger partial charge on any atom is 0.271 e. The molecule has 3 atom stereocenters. The van der Waals surface area contributed by atoms with Gasteiger partial charge in [0.1, 0.15) is 11.6 Å². The Morgan fingerprint density at radius 3 is 2.05 bits per heavy atom. The Bertz CT molecular complexity index is 1120. The fraction of sp³-hybridized carbons (Fsp3) is 0.636. The SMILES string of the molecule is CCCCCC(CC)CN(CC(CC)CCCC)C(=O)c1ccc(N=NC2C(=O)N(CC)C(=O)C(C#N)=C2C)cc1. The first-order valence-electron chi connectivity index (χ1n) is 15.5. The molecule has 3 amide bonds. The molecule has 0 bridgehead atoms. The van der Waals surface area contributed by atoms with Gasteiger partial charge in [0, 0.05) is 25.2 Å². The van der Waals surface area contributed by atoms with E-state index in [4.69, 9.17) is 0 Å². The summed E-state index contributed by atoms with van der Waals surface area (Å²) in [5.74, 6) is -0.0728. The van der Waals surface area contributed by atoms with Crippen LogP contribution in [0.15, 0.2) is 45.6 Å². The zero-order chi connectivity index (χ0) is 30.4. The smallest absolute Gasteiger partial charge is 0.271 e. The summed E-state index contributed by atoms with van der Waals surface area (Å²) >= 11 is 0. The molecule has 1 aliphatic heterocycles. The van der Waals surface area contributed by atoms with E-state index in [0.29, 0.717) is 28.7 Å². The lowest BCUT2D eigenvalue weighted by atomic mass is 9.95. The minimum Gasteiger partial charge on any atom is -0.338 e. The van der Waals surface area contributed by atoms with Crippen molar-refractivity contribution in [3.05, 3.63) is 41.0 Å². The van der Waals surface area contributed by atoms with Gasteiger partial charge < -0.3 is 4.90 Å². The maximum atomic E-state index is 13.8. The molecule has 0 spiro atoms. The minimum atomic E-state index is -1.02. The van der Waals surface area contributed by atoms with Crippen molar-refractivity contribution in [2.24, 2.45) is 22.1 Å². The van der Waals surface area contributed by atoms with Crippen molar-refractivity contribution in [1.82, 2.24) is 9.80 Å². The highest BCUT2D eigenvalue weighted by molar-refractivity contribution is 6.12. The lowest BCUT2D eigenvalue weighted by Gasteiger charge is -2.31. The molecular weight excluding hydrogens is 514 g/mol. The molecular formula is C33H49N5O3. The number of unbranched alkanes of at least 4 members (excludes halogenated alkanes) is 3. The number of azo groups is 1. The third-order valence-electron chi connectivity index (χ3n) is 8.18. The molecule has 0 N–H and O–H groups in total. The first-order valence-corrected chi connectivity index (χ1v) is 15.5. The monoisotopic (exact) mass is 563 g/mol. The van der Waals surface area contributed by atoms with E-state index >= 15 is 0 Å². The zero-order valence-electron chi connectivity index (χ0n) is 26.0. The summed E-state index contributed by atoms with van der Waals surface area (Å²) in [4.78, 5) is 42.1. The van der Waals surface area contributed by atoms with Gasteiger partial charge in [0.05, 0.1) is 5.69 Å². The minimum absolute atomic E-state index is 0.0365. The average Bonchev–Trinajstić information content (AvgIpc) is 2.98. The van der Waals surface area contributed by atoms with Crippen molar-refractivity contribution in [2.45, 2.75) is 105 Å². The molecule has 1 aromatic rings. The van der Waals surface area contributed by atoms with Crippen LogP contribution in [0.4, 0.5) is 5.69 Å². The first kappa shape index (κ1) is 33.9. The third kappa shape index (κ3) is 9.34. The van der Waals surface area contributed by atoms with Crippen LogP contribution in [0, 0.1) is 23.2 Å². The van der Waals surface area contributed by atoms with Crippen LogP contribution in [0.2, 0.25) is 0 Å². The number of benzene rings is 1. The molecule has 8 nitrogen and oxygen atoms in total. The van der Waals surface area contributed by atoms with Crippen LogP contribution in [-0.4, -0.2) is 53.2 Å². The van der Waals surface area contributed by atoms with Gasteiger partial charge in [-0.3, -0.25) is 19.3 Å². The third-order valence-corrected chi connectivity index (χ3v) is 8.18. The van der Waals surface area contributed by atoms with Gasteiger partial charge in [-0.2, -0.15) is 15.5 Å². The summed E-state index contributed by atoms with van der Waals surface area (Å²) in [6.45, 7) is 13.8. The molecule has 1 aromatic carbocycles. The number of carbonyl (C=O) groups excluding carboxylic acids is 3. The van der Waals surface area contributed by atoms with E-state index in [-0.39, 0.29) is 18.0 Å². The number of hydrogen-bond acceptors (Lipinski definition) is 6. The summed E-state index contributed by atoms with van der Waals surface area (Å²) in [5.41, 5.74) is 1.33. The molecule has 41 heavy (non-hydrogen) atoms. The molecule has 3 unspecified atom stereocenters. The van der Waals surface area contributed by atoms with E-state index in [1.54, 1.807) is 38.1 Å². The summed E-state index contributed by atoms with van der Waals surface area (Å²) in [5, 5.41) is 17.9. The van der Waals surface area contributed by atoms with Gasteiger partial charge in [-0.1, -0.05) is 72.6 Å². The predicted octanol–water partition coefficient (Wildman–Crippen LogP) is 7.63. The van der Waals surface area contributed by atoms with Crippen LogP contribution in [0.3, 0.4) is 0 Å². The lowest BCUT2D eigenvalue weighted by molar-refractivity contribution is -0.143. The molecule has 0 fully saturated rings. The second-order valence-electron chi connectivity index (χ2n) is 11.1. The Morgan fingerprint density at radius 2 is 1.54 bits per heavy atom. The number of amides is 3. The number of nitrogens with zero attached hydrogens (tertiary/aromatic N) is 5. The molecule has 224 valence electrons. The Labute approximate surface area is 246 Å². The second-order valence-corrected chi connectivity index (χ2v) is 11.1. The van der Waals surface area contributed by atoms with Crippen LogP contribution < -0.4 is 0 Å². The highest BCUT2D eigenvalue weighted by Crippen LogP contribution is 2.26. The van der Waals surface area contributed by atoms with E-state index in [1.165, 1.54) is 25.7 Å². The van der Waals surface area contributed by atoms with E-state index in [2.05, 4.69) is 42.8 Å². The van der Waals surface area contributed by atoms with Gasteiger partial charge in [-0.25, -0.2) is 0 Å². The fourth-order valence-electron chi connectivity index (χ4n) is 5.31. The predicted molar refractivity (Wildman–Crippen MR) is 163 cm³/mol. The molecule has 0 radical (unpaired) electrons. The first-order chi connectivity index (χ1) is 19.8. The van der Waals surface area contributed by atoms with E-state index < -0.39 is 17.9 Å². The topological polar surface area (TPSA) is 106 Å². The Kier molecular flexibility index (Phi) is 14.4. The molecule has 1 heterocycles. The van der Waals surface area contributed by atoms with Crippen molar-refractivity contribution in [3.8, 4) is 6.07 Å². The molecule has 0 saturated heterocycles. The van der Waals surface area contributed by atoms with E-state index in [0.717, 1.165) is 50.1 Å². The number of nitriles is 1. The van der Waals surface area contributed by atoms with Crippen molar-refractivity contribution < 1.29 is 14.4 Å². The van der Waals surface area contributed by atoms with Crippen molar-refractivity contribution >= 4 is 23.4 Å². The van der Waals surface area contributed by atoms with Gasteiger partial charge in [0.25, 0.3) is 17.7 Å². The van der Waals surface area contributed by atoms with Gasteiger partial charge in [0.15, 0.2) is 6.04 Å². The highest BCUT2D eigenvalue weighted by atomic mass is 16.2. The van der Waals surface area contributed by atoms with Crippen molar-refractivity contribution in [3.63, 3.8) is 0 Å². The molecule has 2 rings (SSSR count). The molecule has 0 aromatic heterocycles. The van der Waals surface area contributed by atoms with Gasteiger partial charge in [0.2, 0.25) is 0 Å². The Hall–Kier alpha value is -3.34. The number of rotatable bonds is 17. The Morgan fingerprint density at radius 1 is 0.951 bits per heavy atom. The Balaban J connectivity index is 2.25. The van der Waals surface area contributed by atoms with Gasteiger partial charge >= 0.3 is 0 Å². The lowest BCUT2D eigenvalue weighted by Crippen LogP contribution is -2.47. The van der Waals surface area contributed by atoms with Crippen LogP contribution in [0.1, 0.15) is 110 Å². The fourth-order valence-corrected chi connectivity index (χ4v) is 5.31. The van der Waals surface area contributed by atoms with Crippen LogP contribution >= 0.6 is 0 Å². The second kappa shape index (κ2) is 17.5. The number of hydrogen-bond donors (Lipinski definition) is 0. The number of imide groups is 1. The quantitative estimate of drug-likeness (QED) is 0.110. The molecule has 8 heteroatoms. The molecule has 0 saturated carbocycles. The van der Waals surface area contributed by atoms with Crippen molar-refractivity contribution in [1.29, 1.82) is 5.26 Å². The number of carbonyl (C=O) groups is 3. The summed E-state index contributed by atoms with van der Waals surface area (Å²) in [7, 11) is 0. The van der Waals surface area contributed by atoms with Gasteiger partial charge in [-0.05, 0) is 68.4 Å². The van der Waals surface area contributed by atoms with E-state index in [1.807, 2.05) is 6.07 Å². The van der Waals surface area contributed by atoms with Crippen molar-refractivity contribution in [2.75, 3.05) is 19.6 Å². The largest absolute Gasteiger partial charge is 0.338 e. The van der Waals surface area contributed by atoms with Gasteiger partial charge in [-0.15, -0.1) is 0 Å². The number of likely N-dealkylation sites (N-methyl/N-ethyl adjacent to an activating group) is 1. The van der Waals surface area contributed by atoms with Crippen LogP contribution in [-0.2, 0) is 9.59 Å². The van der Waals surface area contributed by atoms with E-state index in [9.17, 15) is 19.6 Å². The van der Waals surface area contributed by atoms with Crippen LogP contribution in [0.5, 0.6) is 0 Å². The normalized spacial score (nSPS) is 17.2. The zero-order valence-corrected chi connectivity index (χ0v) is 26.0. The maximum absolute atomic E-state index is 13.8. The summed E-state index contributed by atoms with van der Waals surface area (Å²) in [6, 6.07) is 7.86. The summed E-state index contributed by atoms with van der Waals surface area (Å²) < 4.78 is 0. The van der Waals surface area contributed by atoms with Crippen LogP contribution in [0.25, 0.3) is 0 Å². The summed E-state index contributed by atoms with van der Waals surface area (Å²) in [6.07, 6.45) is 10.3. The standard InChI is InChI=1S/C33H49N5O3/c1-7-12-14-16-26(10-4)23-37(22-25(9-3)15-13-8-2)31(39)27-17-19-28(20-18-27)35-36-30-24(6)29(21-34)32(40)38(11-5)33(30)41/h17-20,25-26,30H,7-16,22-23H2,1-6H3.